The molecule has 3 N–H and O–H groups in total. The second kappa shape index (κ2) is 6.49. The van der Waals surface area contributed by atoms with Gasteiger partial charge in [0.15, 0.2) is 0 Å². The summed E-state index contributed by atoms with van der Waals surface area (Å²) < 4.78 is 16.0. The Labute approximate surface area is 139 Å². The molecule has 0 aliphatic rings. The number of hydrogen-bond acceptors (Lipinski definition) is 3. The second-order valence-electron chi connectivity index (χ2n) is 5.15. The molecule has 0 fully saturated rings. The Morgan fingerprint density at radius 1 is 0.750 bits per heavy atom. The lowest BCUT2D eigenvalue weighted by atomic mass is 9.96. The van der Waals surface area contributed by atoms with Crippen molar-refractivity contribution >= 4 is 7.82 Å². The fourth-order valence-corrected chi connectivity index (χ4v) is 2.92. The van der Waals surface area contributed by atoms with Crippen molar-refractivity contribution in [3.63, 3.8) is 0 Å². The summed E-state index contributed by atoms with van der Waals surface area (Å²) in [6, 6.07) is 21.1. The van der Waals surface area contributed by atoms with Gasteiger partial charge in [-0.2, -0.15) is 0 Å². The molecule has 0 saturated heterocycles. The van der Waals surface area contributed by atoms with Crippen molar-refractivity contribution in [2.45, 2.75) is 0 Å². The standard InChI is InChI=1S/C18H15O5P/c19-18-15(13-7-3-1-4-8-13)11-12-16(23-24(20,21)22)17(18)14-9-5-2-6-10-14/h1-12,19H,(H2,20,21,22). The lowest BCUT2D eigenvalue weighted by Gasteiger charge is -2.16. The molecule has 3 aromatic carbocycles. The van der Waals surface area contributed by atoms with Crippen LogP contribution < -0.4 is 4.52 Å². The predicted molar refractivity (Wildman–Crippen MR) is 91.7 cm³/mol. The molecule has 3 rings (SSSR count). The van der Waals surface area contributed by atoms with Crippen molar-refractivity contribution in [3.8, 4) is 33.8 Å². The van der Waals surface area contributed by atoms with E-state index in [4.69, 9.17) is 14.3 Å². The molecule has 122 valence electrons. The molecule has 0 amide bonds. The highest BCUT2D eigenvalue weighted by Gasteiger charge is 2.23. The molecule has 0 bridgehead atoms. The Morgan fingerprint density at radius 3 is 1.83 bits per heavy atom. The zero-order valence-electron chi connectivity index (χ0n) is 12.5. The van der Waals surface area contributed by atoms with Crippen LogP contribution in [0.25, 0.3) is 22.3 Å². The van der Waals surface area contributed by atoms with Crippen LogP contribution in [0.15, 0.2) is 72.8 Å². The average molecular weight is 342 g/mol. The fourth-order valence-electron chi connectivity index (χ4n) is 2.51. The minimum atomic E-state index is -4.75. The van der Waals surface area contributed by atoms with E-state index in [0.29, 0.717) is 11.1 Å². The maximum Gasteiger partial charge on any atom is 0.524 e. The summed E-state index contributed by atoms with van der Waals surface area (Å²) in [4.78, 5) is 18.3. The van der Waals surface area contributed by atoms with Gasteiger partial charge < -0.3 is 9.63 Å². The van der Waals surface area contributed by atoms with Gasteiger partial charge in [-0.25, -0.2) is 4.57 Å². The quantitative estimate of drug-likeness (QED) is 0.619. The average Bonchev–Trinajstić information content (AvgIpc) is 2.55. The first kappa shape index (κ1) is 16.3. The van der Waals surface area contributed by atoms with Crippen molar-refractivity contribution in [2.75, 3.05) is 0 Å². The number of aromatic hydroxyl groups is 1. The summed E-state index contributed by atoms with van der Waals surface area (Å²) >= 11 is 0. The van der Waals surface area contributed by atoms with Gasteiger partial charge in [0.05, 0.1) is 5.56 Å². The third-order valence-electron chi connectivity index (χ3n) is 3.50. The number of benzene rings is 3. The van der Waals surface area contributed by atoms with Crippen molar-refractivity contribution < 1.29 is 24.0 Å². The van der Waals surface area contributed by atoms with Crippen molar-refractivity contribution in [1.29, 1.82) is 0 Å². The van der Waals surface area contributed by atoms with Crippen LogP contribution in [0.5, 0.6) is 11.5 Å². The number of phosphoric acid groups is 1. The molecule has 0 unspecified atom stereocenters. The fraction of sp³-hybridized carbons (Fsp3) is 0. The summed E-state index contributed by atoms with van der Waals surface area (Å²) in [5, 5.41) is 10.7. The number of phosphoric ester groups is 1. The molecule has 0 aliphatic carbocycles. The second-order valence-corrected chi connectivity index (χ2v) is 6.31. The first-order valence-corrected chi connectivity index (χ1v) is 8.71. The van der Waals surface area contributed by atoms with Crippen LogP contribution in [0.2, 0.25) is 0 Å². The van der Waals surface area contributed by atoms with Gasteiger partial charge in [-0.05, 0) is 23.3 Å². The molecule has 0 spiro atoms. The Bertz CT molecular complexity index is 888. The van der Waals surface area contributed by atoms with Crippen molar-refractivity contribution in [3.05, 3.63) is 72.8 Å². The molecular formula is C18H15O5P. The van der Waals surface area contributed by atoms with E-state index < -0.39 is 7.82 Å². The largest absolute Gasteiger partial charge is 0.524 e. The molecular weight excluding hydrogens is 327 g/mol. The molecule has 0 radical (unpaired) electrons. The van der Waals surface area contributed by atoms with Gasteiger partial charge in [0, 0.05) is 5.56 Å². The molecule has 0 atom stereocenters. The molecule has 0 aromatic heterocycles. The number of rotatable bonds is 4. The summed E-state index contributed by atoms with van der Waals surface area (Å²) in [5.41, 5.74) is 2.17. The molecule has 6 heteroatoms. The molecule has 3 aromatic rings. The minimum absolute atomic E-state index is 0.0771. The van der Waals surface area contributed by atoms with Gasteiger partial charge >= 0.3 is 7.82 Å². The lowest BCUT2D eigenvalue weighted by Crippen LogP contribution is -1.94. The monoisotopic (exact) mass is 342 g/mol. The Morgan fingerprint density at radius 2 is 1.29 bits per heavy atom. The summed E-state index contributed by atoms with van der Waals surface area (Å²) in [5.74, 6) is -0.176. The van der Waals surface area contributed by atoms with Crippen LogP contribution >= 0.6 is 7.82 Å². The predicted octanol–water partition coefficient (Wildman–Crippen LogP) is 4.20. The van der Waals surface area contributed by atoms with Gasteiger partial charge in [-0.15, -0.1) is 0 Å². The number of phenolic OH excluding ortho intramolecular Hbond substituents is 1. The maximum absolute atomic E-state index is 11.2. The van der Waals surface area contributed by atoms with Gasteiger partial charge in [0.1, 0.15) is 11.5 Å². The van der Waals surface area contributed by atoms with Crippen LogP contribution in [-0.2, 0) is 4.57 Å². The van der Waals surface area contributed by atoms with E-state index in [2.05, 4.69) is 0 Å². The normalized spacial score (nSPS) is 11.2. The van der Waals surface area contributed by atoms with E-state index in [9.17, 15) is 9.67 Å². The van der Waals surface area contributed by atoms with E-state index in [-0.39, 0.29) is 17.1 Å². The molecule has 0 heterocycles. The van der Waals surface area contributed by atoms with Gasteiger partial charge in [-0.3, -0.25) is 9.79 Å². The van der Waals surface area contributed by atoms with E-state index in [1.165, 1.54) is 6.07 Å². The zero-order valence-corrected chi connectivity index (χ0v) is 13.4. The molecule has 5 nitrogen and oxygen atoms in total. The maximum atomic E-state index is 11.2. The zero-order chi connectivity index (χ0) is 17.2. The van der Waals surface area contributed by atoms with E-state index in [1.807, 2.05) is 36.4 Å². The van der Waals surface area contributed by atoms with Crippen molar-refractivity contribution in [2.24, 2.45) is 0 Å². The van der Waals surface area contributed by atoms with E-state index in [1.54, 1.807) is 30.3 Å². The van der Waals surface area contributed by atoms with Crippen LogP contribution in [0.3, 0.4) is 0 Å². The van der Waals surface area contributed by atoms with Crippen LogP contribution in [0.1, 0.15) is 0 Å². The first-order chi connectivity index (χ1) is 11.5. The third-order valence-corrected chi connectivity index (χ3v) is 3.94. The molecule has 24 heavy (non-hydrogen) atoms. The highest BCUT2D eigenvalue weighted by atomic mass is 31.2. The molecule has 0 aliphatic heterocycles. The van der Waals surface area contributed by atoms with Gasteiger partial charge in [0.2, 0.25) is 0 Å². The highest BCUT2D eigenvalue weighted by molar-refractivity contribution is 7.46. The minimum Gasteiger partial charge on any atom is -0.507 e. The van der Waals surface area contributed by atoms with Crippen LogP contribution in [-0.4, -0.2) is 14.9 Å². The van der Waals surface area contributed by atoms with Crippen molar-refractivity contribution in [1.82, 2.24) is 0 Å². The number of phenols is 1. The van der Waals surface area contributed by atoms with Crippen LogP contribution in [0, 0.1) is 0 Å². The van der Waals surface area contributed by atoms with E-state index in [0.717, 1.165) is 5.56 Å². The van der Waals surface area contributed by atoms with Gasteiger partial charge in [0.25, 0.3) is 0 Å². The number of hydrogen-bond donors (Lipinski definition) is 3. The highest BCUT2D eigenvalue weighted by Crippen LogP contribution is 2.48. The van der Waals surface area contributed by atoms with E-state index >= 15 is 0 Å². The Balaban J connectivity index is 2.23. The summed E-state index contributed by atoms with van der Waals surface area (Å²) in [7, 11) is -4.75. The smallest absolute Gasteiger partial charge is 0.507 e. The topological polar surface area (TPSA) is 87.0 Å². The Kier molecular flexibility index (Phi) is 4.40. The Hall–Kier alpha value is -2.59. The van der Waals surface area contributed by atoms with Gasteiger partial charge in [-0.1, -0.05) is 60.7 Å². The van der Waals surface area contributed by atoms with Crippen LogP contribution in [0.4, 0.5) is 0 Å². The lowest BCUT2D eigenvalue weighted by molar-refractivity contribution is 0.283. The third kappa shape index (κ3) is 3.49. The molecule has 0 saturated carbocycles. The summed E-state index contributed by atoms with van der Waals surface area (Å²) in [6.07, 6.45) is 0. The SMILES string of the molecule is O=P(O)(O)Oc1ccc(-c2ccccc2)c(O)c1-c1ccccc1. The first-order valence-electron chi connectivity index (χ1n) is 7.17. The summed E-state index contributed by atoms with van der Waals surface area (Å²) in [6.45, 7) is 0.